The van der Waals surface area contributed by atoms with Crippen molar-refractivity contribution in [1.29, 1.82) is 0 Å². The predicted octanol–water partition coefficient (Wildman–Crippen LogP) is 4.32. The molecule has 1 aromatic carbocycles. The van der Waals surface area contributed by atoms with Gasteiger partial charge in [-0.25, -0.2) is 8.42 Å². The van der Waals surface area contributed by atoms with Gasteiger partial charge in [0.25, 0.3) is 5.91 Å². The van der Waals surface area contributed by atoms with Crippen molar-refractivity contribution in [3.8, 4) is 0 Å². The van der Waals surface area contributed by atoms with Crippen LogP contribution in [0.3, 0.4) is 0 Å². The van der Waals surface area contributed by atoms with Crippen LogP contribution in [-0.4, -0.2) is 38.3 Å². The molecule has 4 fully saturated rings. The second-order valence-electron chi connectivity index (χ2n) is 9.86. The minimum Gasteiger partial charge on any atom is -0.351 e. The van der Waals surface area contributed by atoms with E-state index < -0.39 is 10.0 Å². The van der Waals surface area contributed by atoms with Crippen molar-refractivity contribution in [2.24, 2.45) is 23.2 Å². The molecule has 4 aliphatic carbocycles. The number of rotatable bonds is 6. The van der Waals surface area contributed by atoms with E-state index in [9.17, 15) is 13.2 Å². The van der Waals surface area contributed by atoms with E-state index in [1.165, 1.54) is 61.0 Å². The molecule has 0 radical (unpaired) electrons. The fraction of sp³-hybridized carbons (Fsp3) is 0.682. The van der Waals surface area contributed by atoms with E-state index in [1.807, 2.05) is 13.8 Å². The molecule has 1 aromatic rings. The minimum atomic E-state index is -3.67. The van der Waals surface area contributed by atoms with Crippen molar-refractivity contribution in [1.82, 2.24) is 9.62 Å². The summed E-state index contributed by atoms with van der Waals surface area (Å²) < 4.78 is 26.9. The van der Waals surface area contributed by atoms with Crippen molar-refractivity contribution in [3.63, 3.8) is 0 Å². The Labute approximate surface area is 179 Å². The number of nitrogens with zero attached hydrogens (tertiary/aromatic N) is 1. The lowest BCUT2D eigenvalue weighted by molar-refractivity contribution is -0.0503. The molecule has 4 aliphatic rings. The third-order valence-electron chi connectivity index (χ3n) is 7.38. The van der Waals surface area contributed by atoms with Gasteiger partial charge in [-0.05, 0) is 93.7 Å². The number of hydrogen-bond donors (Lipinski definition) is 1. The monoisotopic (exact) mass is 438 g/mol. The van der Waals surface area contributed by atoms with Crippen molar-refractivity contribution in [2.45, 2.75) is 63.3 Å². The summed E-state index contributed by atoms with van der Waals surface area (Å²) in [6.45, 7) is 4.29. The van der Waals surface area contributed by atoms with E-state index in [2.05, 4.69) is 5.32 Å². The van der Waals surface area contributed by atoms with Crippen LogP contribution in [-0.2, 0) is 10.0 Å². The van der Waals surface area contributed by atoms with E-state index in [4.69, 9.17) is 11.6 Å². The zero-order valence-corrected chi connectivity index (χ0v) is 19.0. The molecule has 5 rings (SSSR count). The van der Waals surface area contributed by atoms with Crippen molar-refractivity contribution < 1.29 is 13.2 Å². The van der Waals surface area contributed by atoms with Gasteiger partial charge in [0.05, 0.1) is 15.5 Å². The molecular weight excluding hydrogens is 408 g/mol. The molecule has 4 saturated carbocycles. The first-order valence-electron chi connectivity index (χ1n) is 10.7. The zero-order valence-electron chi connectivity index (χ0n) is 17.4. The Balaban J connectivity index is 1.51. The summed E-state index contributed by atoms with van der Waals surface area (Å²) >= 11 is 6.27. The summed E-state index contributed by atoms with van der Waals surface area (Å²) in [4.78, 5) is 13.0. The van der Waals surface area contributed by atoms with Gasteiger partial charge >= 0.3 is 0 Å². The third kappa shape index (κ3) is 3.96. The Bertz CT molecular complexity index is 877. The Hall–Kier alpha value is -1.11. The highest BCUT2D eigenvalue weighted by atomic mass is 35.5. The Kier molecular flexibility index (Phi) is 5.50. The van der Waals surface area contributed by atoms with Crippen LogP contribution in [0, 0.1) is 23.2 Å². The molecule has 5 nitrogen and oxygen atoms in total. The fourth-order valence-corrected chi connectivity index (χ4v) is 7.75. The zero-order chi connectivity index (χ0) is 21.0. The minimum absolute atomic E-state index is 0.0954. The van der Waals surface area contributed by atoms with Crippen molar-refractivity contribution in [3.05, 3.63) is 28.8 Å². The number of sulfonamides is 1. The summed E-state index contributed by atoms with van der Waals surface area (Å²) in [5.74, 6) is 2.18. The highest BCUT2D eigenvalue weighted by Crippen LogP contribution is 2.59. The van der Waals surface area contributed by atoms with Gasteiger partial charge in [0.1, 0.15) is 0 Å². The maximum Gasteiger partial charge on any atom is 0.252 e. The van der Waals surface area contributed by atoms with Gasteiger partial charge in [-0.3, -0.25) is 4.79 Å². The van der Waals surface area contributed by atoms with E-state index in [0.29, 0.717) is 6.54 Å². The Morgan fingerprint density at radius 3 is 2.24 bits per heavy atom. The Morgan fingerprint density at radius 2 is 1.72 bits per heavy atom. The van der Waals surface area contributed by atoms with Gasteiger partial charge in [-0.1, -0.05) is 11.6 Å². The molecule has 1 N–H and O–H groups in total. The molecule has 0 aliphatic heterocycles. The molecule has 0 aromatic heterocycles. The second-order valence-corrected chi connectivity index (χ2v) is 12.3. The number of carbonyl (C=O) groups excluding carboxylic acids is 1. The van der Waals surface area contributed by atoms with Gasteiger partial charge in [-0.15, -0.1) is 0 Å². The molecule has 0 heterocycles. The summed E-state index contributed by atoms with van der Waals surface area (Å²) in [5.41, 5.74) is 0.452. The molecule has 160 valence electrons. The SMILES string of the molecule is CC(C)N(C)S(=O)(=O)c1ccc(Cl)c(C(=O)NCC23CC4CC(CC(C4)C2)C3)c1. The highest BCUT2D eigenvalue weighted by molar-refractivity contribution is 7.89. The third-order valence-corrected chi connectivity index (χ3v) is 9.73. The van der Waals surface area contributed by atoms with Crippen LogP contribution in [0.2, 0.25) is 5.02 Å². The van der Waals surface area contributed by atoms with E-state index in [-0.39, 0.29) is 32.8 Å². The highest BCUT2D eigenvalue weighted by Gasteiger charge is 2.50. The first kappa shape index (κ1) is 21.1. The van der Waals surface area contributed by atoms with Gasteiger partial charge in [0.2, 0.25) is 10.0 Å². The van der Waals surface area contributed by atoms with Gasteiger partial charge < -0.3 is 5.32 Å². The summed E-state index contributed by atoms with van der Waals surface area (Å²) in [7, 11) is -2.13. The predicted molar refractivity (Wildman–Crippen MR) is 114 cm³/mol. The fourth-order valence-electron chi connectivity index (χ4n) is 6.15. The van der Waals surface area contributed by atoms with Crippen LogP contribution in [0.5, 0.6) is 0 Å². The van der Waals surface area contributed by atoms with Crippen LogP contribution in [0.15, 0.2) is 23.1 Å². The first-order valence-corrected chi connectivity index (χ1v) is 12.5. The van der Waals surface area contributed by atoms with Gasteiger partial charge in [0.15, 0.2) is 0 Å². The Morgan fingerprint density at radius 1 is 1.17 bits per heavy atom. The first-order chi connectivity index (χ1) is 13.6. The van der Waals surface area contributed by atoms with E-state index in [1.54, 1.807) is 7.05 Å². The number of benzene rings is 1. The summed E-state index contributed by atoms with van der Waals surface area (Å²) in [6.07, 6.45) is 7.72. The lowest BCUT2D eigenvalue weighted by atomic mass is 9.49. The maximum atomic E-state index is 12.9. The number of halogens is 1. The van der Waals surface area contributed by atoms with Crippen molar-refractivity contribution >= 4 is 27.5 Å². The standard InChI is InChI=1S/C22H31ClN2O3S/c1-14(2)25(3)29(27,28)18-4-5-20(23)19(9-18)21(26)24-13-22-10-15-6-16(11-22)8-17(7-15)12-22/h4-5,9,14-17H,6-8,10-13H2,1-3H3,(H,24,26). The molecule has 0 saturated heterocycles. The lowest BCUT2D eigenvalue weighted by Crippen LogP contribution is -2.51. The average molecular weight is 439 g/mol. The number of hydrogen-bond acceptors (Lipinski definition) is 3. The largest absolute Gasteiger partial charge is 0.351 e. The van der Waals surface area contributed by atoms with Crippen LogP contribution < -0.4 is 5.32 Å². The molecule has 7 heteroatoms. The molecule has 1 amide bonds. The summed E-state index contributed by atoms with van der Waals surface area (Å²) in [5, 5.41) is 3.37. The summed E-state index contributed by atoms with van der Waals surface area (Å²) in [6, 6.07) is 4.20. The number of carbonyl (C=O) groups is 1. The smallest absolute Gasteiger partial charge is 0.252 e. The van der Waals surface area contributed by atoms with Crippen LogP contribution >= 0.6 is 11.6 Å². The van der Waals surface area contributed by atoms with Crippen LogP contribution in [0.25, 0.3) is 0 Å². The molecule has 0 atom stereocenters. The lowest BCUT2D eigenvalue weighted by Gasteiger charge is -2.56. The molecule has 29 heavy (non-hydrogen) atoms. The number of nitrogens with one attached hydrogen (secondary N) is 1. The molecule has 0 spiro atoms. The van der Waals surface area contributed by atoms with E-state index >= 15 is 0 Å². The molecule has 4 bridgehead atoms. The van der Waals surface area contributed by atoms with E-state index in [0.717, 1.165) is 17.8 Å². The molecule has 0 unspecified atom stereocenters. The normalized spacial score (nSPS) is 30.9. The maximum absolute atomic E-state index is 12.9. The van der Waals surface area contributed by atoms with Gasteiger partial charge in [-0.2, -0.15) is 4.31 Å². The van der Waals surface area contributed by atoms with Crippen molar-refractivity contribution in [2.75, 3.05) is 13.6 Å². The van der Waals surface area contributed by atoms with Gasteiger partial charge in [0, 0.05) is 19.6 Å². The number of amides is 1. The second kappa shape index (κ2) is 7.54. The van der Waals surface area contributed by atoms with Crippen LogP contribution in [0.4, 0.5) is 0 Å². The molecular formula is C22H31ClN2O3S. The quantitative estimate of drug-likeness (QED) is 0.719. The topological polar surface area (TPSA) is 66.5 Å². The average Bonchev–Trinajstić information content (AvgIpc) is 2.64. The van der Waals surface area contributed by atoms with Crippen LogP contribution in [0.1, 0.15) is 62.7 Å².